The molecule has 20 heavy (non-hydrogen) atoms. The van der Waals surface area contributed by atoms with Gasteiger partial charge in [-0.1, -0.05) is 31.4 Å². The summed E-state index contributed by atoms with van der Waals surface area (Å²) >= 11 is 0. The van der Waals surface area contributed by atoms with Gasteiger partial charge in [-0.25, -0.2) is 0 Å². The molecule has 1 unspecified atom stereocenters. The van der Waals surface area contributed by atoms with Crippen molar-refractivity contribution in [1.29, 1.82) is 0 Å². The first-order valence-corrected chi connectivity index (χ1v) is 6.84. The van der Waals surface area contributed by atoms with E-state index in [1.54, 1.807) is 19.3 Å². The number of ketones is 1. The lowest BCUT2D eigenvalue weighted by molar-refractivity contribution is 0.0902. The lowest BCUT2D eigenvalue weighted by atomic mass is 9.79. The van der Waals surface area contributed by atoms with Gasteiger partial charge in [0.25, 0.3) is 0 Å². The van der Waals surface area contributed by atoms with Crippen LogP contribution in [0, 0.1) is 5.92 Å². The van der Waals surface area contributed by atoms with Crippen molar-refractivity contribution < 1.29 is 9.53 Å². The summed E-state index contributed by atoms with van der Waals surface area (Å²) in [5.41, 5.74) is 3.00. The maximum Gasteiger partial charge on any atom is 0.166 e. The summed E-state index contributed by atoms with van der Waals surface area (Å²) in [5, 5.41) is 0. The Morgan fingerprint density at radius 1 is 1.45 bits per heavy atom. The zero-order valence-electron chi connectivity index (χ0n) is 11.9. The van der Waals surface area contributed by atoms with Crippen molar-refractivity contribution in [2.45, 2.75) is 19.3 Å². The van der Waals surface area contributed by atoms with Crippen LogP contribution in [0.5, 0.6) is 5.75 Å². The first-order chi connectivity index (χ1) is 9.69. The lowest BCUT2D eigenvalue weighted by Crippen LogP contribution is -2.23. The molecule has 0 saturated carbocycles. The van der Waals surface area contributed by atoms with Gasteiger partial charge in [-0.05, 0) is 48.6 Å². The second-order valence-corrected chi connectivity index (χ2v) is 5.01. The Kier molecular flexibility index (Phi) is 4.57. The molecule has 0 amide bonds. The van der Waals surface area contributed by atoms with Crippen LogP contribution in [0.25, 0.3) is 0 Å². The number of Topliss-reactive ketones (excluding diaryl/α,β-unsaturated/α-hetero) is 1. The Bertz CT molecular complexity index is 567. The van der Waals surface area contributed by atoms with Gasteiger partial charge < -0.3 is 4.74 Å². The maximum absolute atomic E-state index is 12.5. The third-order valence-electron chi connectivity index (χ3n) is 3.79. The van der Waals surface area contributed by atoms with Gasteiger partial charge >= 0.3 is 0 Å². The molecular weight excluding hydrogens is 248 g/mol. The molecule has 1 aromatic rings. The van der Waals surface area contributed by atoms with Gasteiger partial charge in [0.1, 0.15) is 5.75 Å². The third kappa shape index (κ3) is 2.90. The number of rotatable bonds is 5. The van der Waals surface area contributed by atoms with Crippen LogP contribution >= 0.6 is 0 Å². The minimum atomic E-state index is 0.0418. The molecule has 104 valence electrons. The summed E-state index contributed by atoms with van der Waals surface area (Å²) in [6.45, 7) is 7.49. The normalized spacial score (nSPS) is 18.4. The van der Waals surface area contributed by atoms with Crippen molar-refractivity contribution in [2.75, 3.05) is 7.11 Å². The van der Waals surface area contributed by atoms with E-state index in [0.29, 0.717) is 0 Å². The van der Waals surface area contributed by atoms with E-state index >= 15 is 0 Å². The van der Waals surface area contributed by atoms with E-state index in [1.165, 1.54) is 0 Å². The molecule has 2 rings (SSSR count). The Morgan fingerprint density at radius 2 is 2.25 bits per heavy atom. The van der Waals surface area contributed by atoms with Gasteiger partial charge in [0.05, 0.1) is 7.11 Å². The van der Waals surface area contributed by atoms with E-state index in [2.05, 4.69) is 13.2 Å². The van der Waals surface area contributed by atoms with E-state index in [4.69, 9.17) is 4.74 Å². The molecule has 0 aliphatic heterocycles. The molecule has 2 nitrogen and oxygen atoms in total. The molecular formula is C18H20O2. The number of benzene rings is 1. The summed E-state index contributed by atoms with van der Waals surface area (Å²) < 4.78 is 5.21. The van der Waals surface area contributed by atoms with Crippen LogP contribution in [0.4, 0.5) is 0 Å². The largest absolute Gasteiger partial charge is 0.497 e. The second kappa shape index (κ2) is 6.38. The standard InChI is InChI=1S/C18H20O2/c1-4-6-13(5-2)11-15-8-7-14-12-16(20-3)9-10-17(14)18(15)19/h4-6,9-10,12,15H,1-2,7-8,11H2,3H3/b13-6+. The highest BCUT2D eigenvalue weighted by Gasteiger charge is 2.27. The summed E-state index contributed by atoms with van der Waals surface area (Å²) in [6, 6.07) is 5.71. The summed E-state index contributed by atoms with van der Waals surface area (Å²) in [6.07, 6.45) is 7.99. The average molecular weight is 268 g/mol. The van der Waals surface area contributed by atoms with E-state index in [0.717, 1.165) is 41.7 Å². The average Bonchev–Trinajstić information content (AvgIpc) is 2.48. The molecule has 0 fully saturated rings. The van der Waals surface area contributed by atoms with Gasteiger partial charge in [-0.15, -0.1) is 0 Å². The summed E-state index contributed by atoms with van der Waals surface area (Å²) in [4.78, 5) is 12.5. The van der Waals surface area contributed by atoms with Crippen molar-refractivity contribution in [3.8, 4) is 5.75 Å². The smallest absolute Gasteiger partial charge is 0.166 e. The fourth-order valence-electron chi connectivity index (χ4n) is 2.68. The molecule has 0 heterocycles. The molecule has 1 aliphatic rings. The Balaban J connectivity index is 2.21. The zero-order valence-corrected chi connectivity index (χ0v) is 11.9. The highest BCUT2D eigenvalue weighted by molar-refractivity contribution is 6.00. The monoisotopic (exact) mass is 268 g/mol. The second-order valence-electron chi connectivity index (χ2n) is 5.01. The van der Waals surface area contributed by atoms with Gasteiger partial charge in [0.2, 0.25) is 0 Å². The highest BCUT2D eigenvalue weighted by atomic mass is 16.5. The number of hydrogen-bond donors (Lipinski definition) is 0. The number of fused-ring (bicyclic) bond motifs is 1. The molecule has 1 aromatic carbocycles. The van der Waals surface area contributed by atoms with Crippen LogP contribution < -0.4 is 4.74 Å². The number of carbonyl (C=O) groups is 1. The molecule has 2 heteroatoms. The van der Waals surface area contributed by atoms with Crippen LogP contribution in [-0.4, -0.2) is 12.9 Å². The fourth-order valence-corrected chi connectivity index (χ4v) is 2.68. The Hall–Kier alpha value is -2.09. The molecule has 0 aromatic heterocycles. The van der Waals surface area contributed by atoms with E-state index in [1.807, 2.05) is 24.3 Å². The Labute approximate surface area is 120 Å². The molecule has 0 bridgehead atoms. The Morgan fingerprint density at radius 3 is 2.90 bits per heavy atom. The molecule has 0 N–H and O–H groups in total. The van der Waals surface area contributed by atoms with Crippen molar-refractivity contribution in [1.82, 2.24) is 0 Å². The van der Waals surface area contributed by atoms with Crippen molar-refractivity contribution in [3.05, 3.63) is 66.3 Å². The van der Waals surface area contributed by atoms with Crippen LogP contribution in [0.1, 0.15) is 28.8 Å². The number of hydrogen-bond acceptors (Lipinski definition) is 2. The first kappa shape index (κ1) is 14.3. The van der Waals surface area contributed by atoms with Crippen LogP contribution in [0.3, 0.4) is 0 Å². The minimum Gasteiger partial charge on any atom is -0.497 e. The number of ether oxygens (including phenoxy) is 1. The lowest BCUT2D eigenvalue weighted by Gasteiger charge is -2.24. The zero-order chi connectivity index (χ0) is 14.5. The molecule has 1 atom stereocenters. The van der Waals surface area contributed by atoms with Crippen molar-refractivity contribution in [3.63, 3.8) is 0 Å². The molecule has 0 saturated heterocycles. The first-order valence-electron chi connectivity index (χ1n) is 6.84. The number of carbonyl (C=O) groups excluding carboxylic acids is 1. The topological polar surface area (TPSA) is 26.3 Å². The van der Waals surface area contributed by atoms with Crippen LogP contribution in [-0.2, 0) is 6.42 Å². The third-order valence-corrected chi connectivity index (χ3v) is 3.79. The van der Waals surface area contributed by atoms with Gasteiger partial charge in [-0.3, -0.25) is 4.79 Å². The van der Waals surface area contributed by atoms with E-state index < -0.39 is 0 Å². The summed E-state index contributed by atoms with van der Waals surface area (Å²) in [5.74, 6) is 1.08. The predicted molar refractivity (Wildman–Crippen MR) is 82.2 cm³/mol. The predicted octanol–water partition coefficient (Wildman–Crippen LogP) is 4.13. The van der Waals surface area contributed by atoms with Crippen molar-refractivity contribution >= 4 is 5.78 Å². The number of methoxy groups -OCH3 is 1. The highest BCUT2D eigenvalue weighted by Crippen LogP contribution is 2.31. The molecule has 1 aliphatic carbocycles. The number of aryl methyl sites for hydroxylation is 1. The SMILES string of the molecule is C=C/C=C(\C=C)CC1CCc2cc(OC)ccc2C1=O. The van der Waals surface area contributed by atoms with E-state index in [-0.39, 0.29) is 11.7 Å². The maximum atomic E-state index is 12.5. The van der Waals surface area contributed by atoms with Crippen LogP contribution in [0.2, 0.25) is 0 Å². The summed E-state index contributed by atoms with van der Waals surface area (Å²) in [7, 11) is 1.64. The fraction of sp³-hybridized carbons (Fsp3) is 0.278. The number of allylic oxidation sites excluding steroid dienone is 4. The van der Waals surface area contributed by atoms with Crippen molar-refractivity contribution in [2.24, 2.45) is 5.92 Å². The van der Waals surface area contributed by atoms with Crippen LogP contribution in [0.15, 0.2) is 55.2 Å². The molecule has 0 radical (unpaired) electrons. The minimum absolute atomic E-state index is 0.0418. The van der Waals surface area contributed by atoms with Gasteiger partial charge in [-0.2, -0.15) is 0 Å². The molecule has 0 spiro atoms. The van der Waals surface area contributed by atoms with Gasteiger partial charge in [0.15, 0.2) is 5.78 Å². The quantitative estimate of drug-likeness (QED) is 0.751. The van der Waals surface area contributed by atoms with E-state index in [9.17, 15) is 4.79 Å². The van der Waals surface area contributed by atoms with Gasteiger partial charge in [0, 0.05) is 11.5 Å².